The van der Waals surface area contributed by atoms with Gasteiger partial charge >= 0.3 is 12.4 Å². The zero-order valence-electron chi connectivity index (χ0n) is 20.9. The lowest BCUT2D eigenvalue weighted by Crippen LogP contribution is -2.33. The summed E-state index contributed by atoms with van der Waals surface area (Å²) in [5, 5.41) is 3.60. The Morgan fingerprint density at radius 3 is 2.23 bits per heavy atom. The summed E-state index contributed by atoms with van der Waals surface area (Å²) in [4.78, 5) is 15.7. The molecule has 3 heterocycles. The summed E-state index contributed by atoms with van der Waals surface area (Å²) in [5.41, 5.74) is -0.828. The van der Waals surface area contributed by atoms with Gasteiger partial charge in [0.2, 0.25) is 0 Å². The van der Waals surface area contributed by atoms with E-state index in [4.69, 9.17) is 9.97 Å². The van der Waals surface area contributed by atoms with Crippen LogP contribution in [-0.4, -0.2) is 32.9 Å². The van der Waals surface area contributed by atoms with Gasteiger partial charge in [-0.1, -0.05) is 12.5 Å². The SMILES string of the molecule is CC(c1nc(Nc2ccc(C(F)(F)F)cc2)c2ccc(-c3ncccc3C(F)(F)F)cc2n1)N1CCCCC1. The molecular formula is C28H25F6N5. The molecule has 0 bridgehead atoms. The first-order valence-corrected chi connectivity index (χ1v) is 12.5. The molecule has 1 unspecified atom stereocenters. The molecule has 1 N–H and O–H groups in total. The van der Waals surface area contributed by atoms with E-state index in [0.717, 1.165) is 50.6 Å². The van der Waals surface area contributed by atoms with Crippen molar-refractivity contribution in [2.75, 3.05) is 18.4 Å². The van der Waals surface area contributed by atoms with Crippen LogP contribution in [-0.2, 0) is 12.4 Å². The van der Waals surface area contributed by atoms with Crippen molar-refractivity contribution in [3.05, 3.63) is 77.7 Å². The number of halogens is 6. The number of aromatic nitrogens is 3. The van der Waals surface area contributed by atoms with Gasteiger partial charge in [0.1, 0.15) is 11.6 Å². The van der Waals surface area contributed by atoms with Gasteiger partial charge in [-0.3, -0.25) is 9.88 Å². The van der Waals surface area contributed by atoms with Gasteiger partial charge in [-0.05, 0) is 81.4 Å². The molecule has 5 nitrogen and oxygen atoms in total. The molecule has 1 saturated heterocycles. The van der Waals surface area contributed by atoms with Gasteiger partial charge in [0.05, 0.1) is 28.4 Å². The van der Waals surface area contributed by atoms with Crippen LogP contribution in [0.5, 0.6) is 0 Å². The van der Waals surface area contributed by atoms with Crippen molar-refractivity contribution in [3.8, 4) is 11.3 Å². The number of rotatable bonds is 5. The van der Waals surface area contributed by atoms with Gasteiger partial charge in [0.15, 0.2) is 0 Å². The molecule has 1 fully saturated rings. The van der Waals surface area contributed by atoms with Crippen LogP contribution >= 0.6 is 0 Å². The largest absolute Gasteiger partial charge is 0.418 e. The predicted molar refractivity (Wildman–Crippen MR) is 136 cm³/mol. The van der Waals surface area contributed by atoms with Gasteiger partial charge in [0, 0.05) is 22.8 Å². The van der Waals surface area contributed by atoms with E-state index in [1.807, 2.05) is 6.92 Å². The summed E-state index contributed by atoms with van der Waals surface area (Å²) < 4.78 is 80.1. The molecule has 39 heavy (non-hydrogen) atoms. The molecule has 0 aliphatic carbocycles. The summed E-state index contributed by atoms with van der Waals surface area (Å²) in [6.07, 6.45) is -4.53. The number of nitrogens with zero attached hydrogens (tertiary/aromatic N) is 4. The summed E-state index contributed by atoms with van der Waals surface area (Å²) in [6.45, 7) is 3.71. The van der Waals surface area contributed by atoms with Gasteiger partial charge in [-0.25, -0.2) is 9.97 Å². The lowest BCUT2D eigenvalue weighted by Gasteiger charge is -2.31. The minimum atomic E-state index is -4.59. The normalized spacial score (nSPS) is 15.9. The molecule has 1 aliphatic rings. The number of anilines is 2. The molecule has 2 aromatic carbocycles. The van der Waals surface area contributed by atoms with Crippen LogP contribution in [0.1, 0.15) is 49.2 Å². The lowest BCUT2D eigenvalue weighted by molar-refractivity contribution is -0.138. The van der Waals surface area contributed by atoms with Crippen molar-refractivity contribution in [2.45, 2.75) is 44.6 Å². The number of nitrogens with one attached hydrogen (secondary N) is 1. The van der Waals surface area contributed by atoms with E-state index in [1.54, 1.807) is 12.1 Å². The standard InChI is InChI=1S/C28H25F6N5/c1-17(39-14-3-2-4-15-39)25-37-23-16-18(24-22(28(32,33)34)6-5-13-35-24)7-12-21(23)26(38-25)36-20-10-8-19(9-11-20)27(29,30)31/h5-13,16-17H,2-4,14-15H2,1H3,(H,36,37,38). The number of benzene rings is 2. The highest BCUT2D eigenvalue weighted by Gasteiger charge is 2.34. The Kier molecular flexibility index (Phi) is 7.19. The predicted octanol–water partition coefficient (Wildman–Crippen LogP) is 8.02. The molecule has 4 aromatic rings. The topological polar surface area (TPSA) is 53.9 Å². The van der Waals surface area contributed by atoms with Crippen LogP contribution in [0.4, 0.5) is 37.8 Å². The van der Waals surface area contributed by atoms with E-state index < -0.39 is 23.5 Å². The first-order chi connectivity index (χ1) is 18.5. The van der Waals surface area contributed by atoms with Crippen LogP contribution in [0.2, 0.25) is 0 Å². The fourth-order valence-electron chi connectivity index (χ4n) is 4.79. The molecule has 11 heteroatoms. The Bertz CT molecular complexity index is 1460. The molecule has 204 valence electrons. The van der Waals surface area contributed by atoms with E-state index in [0.29, 0.717) is 28.2 Å². The fourth-order valence-corrected chi connectivity index (χ4v) is 4.79. The maximum atomic E-state index is 13.7. The molecule has 0 radical (unpaired) electrons. The van der Waals surface area contributed by atoms with Crippen molar-refractivity contribution in [1.82, 2.24) is 19.9 Å². The molecule has 1 atom stereocenters. The summed E-state index contributed by atoms with van der Waals surface area (Å²) in [6, 6.07) is 11.3. The maximum Gasteiger partial charge on any atom is 0.418 e. The van der Waals surface area contributed by atoms with Crippen LogP contribution < -0.4 is 5.32 Å². The number of piperidine rings is 1. The highest BCUT2D eigenvalue weighted by Crippen LogP contribution is 2.38. The second kappa shape index (κ2) is 10.4. The van der Waals surface area contributed by atoms with Crippen molar-refractivity contribution < 1.29 is 26.3 Å². The Hall–Kier alpha value is -3.73. The molecule has 1 aliphatic heterocycles. The highest BCUT2D eigenvalue weighted by molar-refractivity contribution is 5.93. The Morgan fingerprint density at radius 1 is 0.846 bits per heavy atom. The second-order valence-electron chi connectivity index (χ2n) is 9.53. The van der Waals surface area contributed by atoms with Crippen LogP contribution in [0, 0.1) is 0 Å². The van der Waals surface area contributed by atoms with Gasteiger partial charge in [-0.2, -0.15) is 26.3 Å². The third-order valence-corrected chi connectivity index (χ3v) is 6.89. The monoisotopic (exact) mass is 545 g/mol. The van der Waals surface area contributed by atoms with E-state index in [1.165, 1.54) is 30.5 Å². The van der Waals surface area contributed by atoms with E-state index >= 15 is 0 Å². The number of alkyl halides is 6. The zero-order chi connectivity index (χ0) is 27.8. The minimum absolute atomic E-state index is 0.174. The lowest BCUT2D eigenvalue weighted by atomic mass is 10.0. The average Bonchev–Trinajstić information content (AvgIpc) is 2.92. The van der Waals surface area contributed by atoms with Crippen LogP contribution in [0.25, 0.3) is 22.2 Å². The first kappa shape index (κ1) is 26.9. The third-order valence-electron chi connectivity index (χ3n) is 6.89. The Labute approximate surface area is 220 Å². The minimum Gasteiger partial charge on any atom is -0.340 e. The Balaban J connectivity index is 1.60. The van der Waals surface area contributed by atoms with Crippen molar-refractivity contribution in [3.63, 3.8) is 0 Å². The van der Waals surface area contributed by atoms with Crippen molar-refractivity contribution >= 4 is 22.4 Å². The van der Waals surface area contributed by atoms with E-state index in [9.17, 15) is 26.3 Å². The second-order valence-corrected chi connectivity index (χ2v) is 9.53. The third kappa shape index (κ3) is 5.83. The summed E-state index contributed by atoms with van der Waals surface area (Å²) in [7, 11) is 0. The first-order valence-electron chi connectivity index (χ1n) is 12.5. The molecule has 0 spiro atoms. The number of likely N-dealkylation sites (tertiary alicyclic amines) is 1. The van der Waals surface area contributed by atoms with E-state index in [2.05, 4.69) is 15.2 Å². The number of hydrogen-bond donors (Lipinski definition) is 1. The molecule has 0 amide bonds. The van der Waals surface area contributed by atoms with Crippen LogP contribution in [0.3, 0.4) is 0 Å². The molecule has 0 saturated carbocycles. The van der Waals surface area contributed by atoms with E-state index in [-0.39, 0.29) is 17.3 Å². The number of hydrogen-bond acceptors (Lipinski definition) is 5. The van der Waals surface area contributed by atoms with Gasteiger partial charge < -0.3 is 5.32 Å². The quantitative estimate of drug-likeness (QED) is 0.258. The summed E-state index contributed by atoms with van der Waals surface area (Å²) >= 11 is 0. The molecule has 5 rings (SSSR count). The smallest absolute Gasteiger partial charge is 0.340 e. The van der Waals surface area contributed by atoms with Crippen molar-refractivity contribution in [1.29, 1.82) is 0 Å². The van der Waals surface area contributed by atoms with Gasteiger partial charge in [0.25, 0.3) is 0 Å². The van der Waals surface area contributed by atoms with Crippen LogP contribution in [0.15, 0.2) is 60.8 Å². The number of fused-ring (bicyclic) bond motifs is 1. The Morgan fingerprint density at radius 2 is 1.56 bits per heavy atom. The highest BCUT2D eigenvalue weighted by atomic mass is 19.4. The average molecular weight is 546 g/mol. The fraction of sp³-hybridized carbons (Fsp3) is 0.321. The molecule has 2 aromatic heterocycles. The zero-order valence-corrected chi connectivity index (χ0v) is 20.9. The van der Waals surface area contributed by atoms with Crippen molar-refractivity contribution in [2.24, 2.45) is 0 Å². The summed E-state index contributed by atoms with van der Waals surface area (Å²) in [5.74, 6) is 0.815. The molecular weight excluding hydrogens is 520 g/mol. The number of pyridine rings is 1. The maximum absolute atomic E-state index is 13.7. The van der Waals surface area contributed by atoms with Gasteiger partial charge in [-0.15, -0.1) is 0 Å².